The van der Waals surface area contributed by atoms with Gasteiger partial charge in [0.25, 0.3) is 0 Å². The van der Waals surface area contributed by atoms with Crippen LogP contribution >= 0.6 is 0 Å². The molecule has 8 heteroatoms. The minimum absolute atomic E-state index is 0.151. The summed E-state index contributed by atoms with van der Waals surface area (Å²) >= 11 is 0. The Kier molecular flexibility index (Phi) is 5.35. The van der Waals surface area contributed by atoms with Crippen molar-refractivity contribution in [3.8, 4) is 16.9 Å². The number of nitrogens with zero attached hydrogens (tertiary/aromatic N) is 4. The minimum Gasteiger partial charge on any atom is -0.322 e. The van der Waals surface area contributed by atoms with Crippen molar-refractivity contribution in [2.24, 2.45) is 0 Å². The summed E-state index contributed by atoms with van der Waals surface area (Å²) in [5.74, 6) is -0.279. The number of likely N-dealkylation sites (tertiary alicyclic amines) is 1. The molecule has 8 nitrogen and oxygen atoms in total. The molecule has 1 aliphatic heterocycles. The number of quaternary nitrogens is 1. The smallest absolute Gasteiger partial charge is 0.322 e. The Bertz CT molecular complexity index is 1280. The highest BCUT2D eigenvalue weighted by molar-refractivity contribution is 6.00. The predicted molar refractivity (Wildman–Crippen MR) is 125 cm³/mol. The van der Waals surface area contributed by atoms with E-state index in [9.17, 15) is 9.59 Å². The van der Waals surface area contributed by atoms with Crippen LogP contribution in [-0.2, 0) is 0 Å². The molecule has 33 heavy (non-hydrogen) atoms. The van der Waals surface area contributed by atoms with Gasteiger partial charge < -0.3 is 4.57 Å². The van der Waals surface area contributed by atoms with E-state index in [2.05, 4.69) is 20.5 Å². The molecule has 2 N–H and O–H groups in total. The molecular weight excluding hydrogens is 416 g/mol. The fraction of sp³-hybridized carbons (Fsp3) is 0.200. The van der Waals surface area contributed by atoms with E-state index < -0.39 is 0 Å². The van der Waals surface area contributed by atoms with Crippen LogP contribution in [0.2, 0.25) is 0 Å². The highest BCUT2D eigenvalue weighted by atomic mass is 16.2. The van der Waals surface area contributed by atoms with Crippen molar-refractivity contribution in [1.29, 1.82) is 0 Å². The number of hydrogen-bond acceptors (Lipinski definition) is 4. The first-order valence-electron chi connectivity index (χ1n) is 11.0. The van der Waals surface area contributed by atoms with Crippen LogP contribution in [0.1, 0.15) is 30.3 Å². The first-order chi connectivity index (χ1) is 16.1. The van der Waals surface area contributed by atoms with Crippen molar-refractivity contribution in [1.82, 2.24) is 19.7 Å². The number of anilines is 1. The standard InChI is InChI=1S/C25H24N6O2/c1-18-8-7-15-31(18,24(32)22-16-21(28-29-22)19-9-6-12-26-17-19)25(33)27-20-10-2-3-11-23(20)30-13-4-5-14-30/h2-6,9-14,16-18H,7-8,15H2,1H3,(H-,27,28,29,32,33)/p+1/t18-,31?/m1/s1. The Hall–Kier alpha value is -4.04. The lowest BCUT2D eigenvalue weighted by Gasteiger charge is -2.32. The lowest BCUT2D eigenvalue weighted by molar-refractivity contribution is -0.775. The third-order valence-electron chi connectivity index (χ3n) is 6.40. The number of benzene rings is 1. The number of H-pyrrole nitrogens is 1. The molecule has 5 rings (SSSR count). The maximum Gasteiger partial charge on any atom is 0.429 e. The number of hydrogen-bond donors (Lipinski definition) is 2. The van der Waals surface area contributed by atoms with E-state index in [-0.39, 0.29) is 22.5 Å². The Morgan fingerprint density at radius 1 is 1.12 bits per heavy atom. The van der Waals surface area contributed by atoms with Crippen LogP contribution in [0.25, 0.3) is 16.9 Å². The van der Waals surface area contributed by atoms with Crippen LogP contribution in [0.3, 0.4) is 0 Å². The lowest BCUT2D eigenvalue weighted by atomic mass is 10.1. The van der Waals surface area contributed by atoms with Crippen LogP contribution in [0.4, 0.5) is 10.5 Å². The summed E-state index contributed by atoms with van der Waals surface area (Å²) in [5.41, 5.74) is 3.24. The molecule has 3 aromatic heterocycles. The molecule has 3 amide bonds. The molecule has 1 aromatic carbocycles. The number of aromatic amines is 1. The molecule has 0 spiro atoms. The molecule has 166 valence electrons. The molecular formula is C25H25N6O2+. The average molecular weight is 442 g/mol. The fourth-order valence-corrected chi connectivity index (χ4v) is 4.60. The number of nitrogens with one attached hydrogen (secondary N) is 2. The van der Waals surface area contributed by atoms with Gasteiger partial charge in [0.15, 0.2) is 5.69 Å². The Balaban J connectivity index is 1.48. The number of para-hydroxylation sites is 2. The summed E-state index contributed by atoms with van der Waals surface area (Å²) in [7, 11) is 0. The van der Waals surface area contributed by atoms with E-state index in [1.165, 1.54) is 0 Å². The number of urea groups is 1. The zero-order valence-electron chi connectivity index (χ0n) is 18.3. The van der Waals surface area contributed by atoms with Gasteiger partial charge in [-0.3, -0.25) is 15.4 Å². The molecule has 1 fully saturated rings. The average Bonchev–Trinajstić information content (AvgIpc) is 3.61. The van der Waals surface area contributed by atoms with Crippen molar-refractivity contribution in [3.05, 3.63) is 85.1 Å². The van der Waals surface area contributed by atoms with Gasteiger partial charge in [0.2, 0.25) is 0 Å². The van der Waals surface area contributed by atoms with Crippen LogP contribution in [0, 0.1) is 0 Å². The summed E-state index contributed by atoms with van der Waals surface area (Å²) < 4.78 is 1.64. The van der Waals surface area contributed by atoms with E-state index >= 15 is 0 Å². The molecule has 1 aliphatic rings. The maximum absolute atomic E-state index is 13.8. The van der Waals surface area contributed by atoms with Crippen molar-refractivity contribution < 1.29 is 14.1 Å². The van der Waals surface area contributed by atoms with Crippen molar-refractivity contribution in [2.75, 3.05) is 11.9 Å². The number of carbonyl (C=O) groups is 2. The maximum atomic E-state index is 13.8. The first kappa shape index (κ1) is 20.8. The predicted octanol–water partition coefficient (Wildman–Crippen LogP) is 4.63. The van der Waals surface area contributed by atoms with Crippen molar-refractivity contribution in [2.45, 2.75) is 25.8 Å². The van der Waals surface area contributed by atoms with Crippen LogP contribution in [0.5, 0.6) is 0 Å². The summed E-state index contributed by atoms with van der Waals surface area (Å²) in [4.78, 5) is 31.6. The van der Waals surface area contributed by atoms with Crippen molar-refractivity contribution >= 4 is 17.6 Å². The van der Waals surface area contributed by atoms with Crippen LogP contribution in [0.15, 0.2) is 79.4 Å². The molecule has 4 heterocycles. The summed E-state index contributed by atoms with van der Waals surface area (Å²) in [6, 6.07) is 16.3. The van der Waals surface area contributed by atoms with E-state index in [1.54, 1.807) is 18.5 Å². The SMILES string of the molecule is C[C@@H]1CCC[N+]1(C(=O)Nc1ccccc1-n1cccc1)C(=O)c1cc(-c2cccnc2)n[nH]1. The zero-order valence-corrected chi connectivity index (χ0v) is 18.3. The number of carbonyl (C=O) groups excluding carboxylic acids is 2. The van der Waals surface area contributed by atoms with Gasteiger partial charge >= 0.3 is 11.9 Å². The van der Waals surface area contributed by atoms with Gasteiger partial charge in [-0.05, 0) is 43.3 Å². The highest BCUT2D eigenvalue weighted by Gasteiger charge is 2.53. The molecule has 1 saturated heterocycles. The van der Waals surface area contributed by atoms with Crippen molar-refractivity contribution in [3.63, 3.8) is 0 Å². The monoisotopic (exact) mass is 441 g/mol. The van der Waals surface area contributed by atoms with E-state index in [4.69, 9.17) is 0 Å². The van der Waals surface area contributed by atoms with Gasteiger partial charge in [-0.15, -0.1) is 0 Å². The summed E-state index contributed by atoms with van der Waals surface area (Å²) in [6.07, 6.45) is 8.81. The van der Waals surface area contributed by atoms with Gasteiger partial charge in [0.1, 0.15) is 6.04 Å². The quantitative estimate of drug-likeness (QED) is 0.452. The fourth-order valence-electron chi connectivity index (χ4n) is 4.60. The number of amides is 3. The third kappa shape index (κ3) is 3.64. The Morgan fingerprint density at radius 2 is 1.94 bits per heavy atom. The molecule has 0 saturated carbocycles. The molecule has 1 unspecified atom stereocenters. The van der Waals surface area contributed by atoms with E-state index in [0.29, 0.717) is 23.6 Å². The first-order valence-corrected chi connectivity index (χ1v) is 11.0. The van der Waals surface area contributed by atoms with Crippen LogP contribution in [-0.4, -0.2) is 48.8 Å². The zero-order chi connectivity index (χ0) is 22.8. The number of rotatable bonds is 4. The highest BCUT2D eigenvalue weighted by Crippen LogP contribution is 2.32. The second kappa shape index (κ2) is 8.48. The van der Waals surface area contributed by atoms with E-state index in [0.717, 1.165) is 24.1 Å². The Labute approximate surface area is 191 Å². The van der Waals surface area contributed by atoms with Gasteiger partial charge in [0, 0.05) is 49.3 Å². The number of pyridine rings is 1. The number of aromatic nitrogens is 4. The number of imide groups is 1. The van der Waals surface area contributed by atoms with Gasteiger partial charge in [-0.1, -0.05) is 12.1 Å². The summed E-state index contributed by atoms with van der Waals surface area (Å²) in [6.45, 7) is 2.40. The largest absolute Gasteiger partial charge is 0.429 e. The molecule has 2 atom stereocenters. The molecule has 0 bridgehead atoms. The summed E-state index contributed by atoms with van der Waals surface area (Å²) in [5, 5.41) is 10.2. The topological polar surface area (TPSA) is 92.7 Å². The van der Waals surface area contributed by atoms with E-state index in [1.807, 2.05) is 72.4 Å². The normalized spacial score (nSPS) is 20.0. The molecule has 0 aliphatic carbocycles. The minimum atomic E-state index is -0.331. The van der Waals surface area contributed by atoms with Gasteiger partial charge in [-0.2, -0.15) is 9.58 Å². The Morgan fingerprint density at radius 3 is 2.67 bits per heavy atom. The lowest BCUT2D eigenvalue weighted by Crippen LogP contribution is -2.60. The second-order valence-corrected chi connectivity index (χ2v) is 8.33. The molecule has 4 aromatic rings. The third-order valence-corrected chi connectivity index (χ3v) is 6.40. The van der Waals surface area contributed by atoms with Gasteiger partial charge in [-0.25, -0.2) is 9.59 Å². The van der Waals surface area contributed by atoms with Crippen LogP contribution < -0.4 is 5.32 Å². The second-order valence-electron chi connectivity index (χ2n) is 8.33. The molecule has 0 radical (unpaired) electrons. The van der Waals surface area contributed by atoms with Gasteiger partial charge in [0.05, 0.1) is 23.6 Å².